The molecule has 2 heterocycles. The van der Waals surface area contributed by atoms with Gasteiger partial charge in [-0.2, -0.15) is 4.98 Å². The number of hydrogen-bond donors (Lipinski definition) is 3. The van der Waals surface area contributed by atoms with Crippen LogP contribution in [0.4, 0.5) is 0 Å². The van der Waals surface area contributed by atoms with Crippen molar-refractivity contribution in [3.8, 4) is 27.9 Å². The first-order valence-electron chi connectivity index (χ1n) is 10.5. The summed E-state index contributed by atoms with van der Waals surface area (Å²) in [4.78, 5) is 17.7. The van der Waals surface area contributed by atoms with E-state index in [0.29, 0.717) is 23.4 Å². The minimum absolute atomic E-state index is 0.0746. The first kappa shape index (κ1) is 23.9. The highest BCUT2D eigenvalue weighted by Crippen LogP contribution is 2.32. The summed E-state index contributed by atoms with van der Waals surface area (Å²) in [5.74, 6) is 1.30. The Labute approximate surface area is 191 Å². The van der Waals surface area contributed by atoms with Gasteiger partial charge >= 0.3 is 0 Å². The van der Waals surface area contributed by atoms with Gasteiger partial charge in [-0.15, -0.1) is 11.3 Å². The molecule has 4 N–H and O–H groups in total. The van der Waals surface area contributed by atoms with Crippen molar-refractivity contribution < 1.29 is 24.3 Å². The number of hydrogen-bond acceptors (Lipinski definition) is 8. The maximum Gasteiger partial charge on any atom is 0.268 e. The molecule has 0 bridgehead atoms. The third-order valence-electron chi connectivity index (χ3n) is 4.87. The van der Waals surface area contributed by atoms with Gasteiger partial charge in [-0.05, 0) is 61.6 Å². The predicted molar refractivity (Wildman–Crippen MR) is 122 cm³/mol. The molecule has 3 aromatic rings. The van der Waals surface area contributed by atoms with Crippen LogP contribution >= 0.6 is 11.3 Å². The fourth-order valence-corrected chi connectivity index (χ4v) is 4.52. The predicted octanol–water partition coefficient (Wildman–Crippen LogP) is 3.26. The topological polar surface area (TPSA) is 132 Å². The van der Waals surface area contributed by atoms with Gasteiger partial charge in [-0.25, -0.2) is 0 Å². The lowest BCUT2D eigenvalue weighted by atomic mass is 10.1. The number of primary amides is 1. The van der Waals surface area contributed by atoms with Gasteiger partial charge in [0.1, 0.15) is 18.5 Å². The summed E-state index contributed by atoms with van der Waals surface area (Å²) in [6, 6.07) is 7.88. The summed E-state index contributed by atoms with van der Waals surface area (Å²) in [6.07, 6.45) is -1.60. The summed E-state index contributed by atoms with van der Waals surface area (Å²) < 4.78 is 11.2. The van der Waals surface area contributed by atoms with Gasteiger partial charge in [0.05, 0.1) is 11.0 Å². The Morgan fingerprint density at radius 3 is 2.53 bits per heavy atom. The smallest absolute Gasteiger partial charge is 0.268 e. The van der Waals surface area contributed by atoms with Crippen LogP contribution in [0.25, 0.3) is 22.2 Å². The highest BCUT2D eigenvalue weighted by molar-refractivity contribution is 7.15. The fraction of sp³-hybridized carbons (Fsp3) is 0.435. The molecule has 0 radical (unpaired) electrons. The zero-order valence-corrected chi connectivity index (χ0v) is 19.5. The molecule has 0 fully saturated rings. The molecule has 172 valence electrons. The highest BCUT2D eigenvalue weighted by atomic mass is 32.1. The lowest BCUT2D eigenvalue weighted by molar-refractivity contribution is -0.127. The quantitative estimate of drug-likeness (QED) is 0.424. The third-order valence-corrected chi connectivity index (χ3v) is 5.97. The van der Waals surface area contributed by atoms with E-state index >= 15 is 0 Å². The van der Waals surface area contributed by atoms with E-state index in [-0.39, 0.29) is 13.0 Å². The molecule has 0 aliphatic carbocycles. The van der Waals surface area contributed by atoms with E-state index in [4.69, 9.17) is 15.0 Å². The van der Waals surface area contributed by atoms with E-state index < -0.39 is 18.1 Å². The van der Waals surface area contributed by atoms with Gasteiger partial charge in [0.25, 0.3) is 5.89 Å². The van der Waals surface area contributed by atoms with Gasteiger partial charge in [-0.3, -0.25) is 4.79 Å². The van der Waals surface area contributed by atoms with Gasteiger partial charge in [-0.1, -0.05) is 19.0 Å². The van der Waals surface area contributed by atoms with Crippen molar-refractivity contribution in [2.45, 2.75) is 52.7 Å². The Morgan fingerprint density at radius 2 is 1.91 bits per heavy atom. The summed E-state index contributed by atoms with van der Waals surface area (Å²) in [7, 11) is 0. The molecule has 9 heteroatoms. The third kappa shape index (κ3) is 5.93. The minimum atomic E-state index is -1.41. The SMILES string of the molecule is Cc1cc(-c2noc(-c3ccc(CC(C)C)s3)n2)cc(C)c1OCC(O)CC(O)C(N)=O. The number of nitrogens with two attached hydrogens (primary N) is 1. The van der Waals surface area contributed by atoms with Crippen molar-refractivity contribution in [3.63, 3.8) is 0 Å². The van der Waals surface area contributed by atoms with E-state index in [0.717, 1.165) is 28.0 Å². The second kappa shape index (κ2) is 10.2. The van der Waals surface area contributed by atoms with E-state index in [9.17, 15) is 15.0 Å². The first-order valence-corrected chi connectivity index (χ1v) is 11.3. The fourth-order valence-electron chi connectivity index (χ4n) is 3.37. The standard InChI is InChI=1S/C23H29N3O5S/c1-12(2)7-17-5-6-19(32-17)23-25-22(26-31-23)15-8-13(3)20(14(4)9-15)30-11-16(27)10-18(28)21(24)29/h5-6,8-9,12,16,18,27-28H,7,10-11H2,1-4H3,(H2,24,29). The van der Waals surface area contributed by atoms with Crippen LogP contribution in [0.1, 0.15) is 36.3 Å². The number of aromatic nitrogens is 2. The molecule has 0 spiro atoms. The second-order valence-electron chi connectivity index (χ2n) is 8.34. The molecule has 3 rings (SSSR count). The number of ether oxygens (including phenoxy) is 1. The van der Waals surface area contributed by atoms with Crippen molar-refractivity contribution in [3.05, 3.63) is 40.3 Å². The molecule has 32 heavy (non-hydrogen) atoms. The minimum Gasteiger partial charge on any atom is -0.490 e. The van der Waals surface area contributed by atoms with Crippen molar-refractivity contribution in [2.24, 2.45) is 11.7 Å². The lowest BCUT2D eigenvalue weighted by Gasteiger charge is -2.17. The Balaban J connectivity index is 1.71. The van der Waals surface area contributed by atoms with Crippen LogP contribution in [-0.4, -0.2) is 45.1 Å². The maximum absolute atomic E-state index is 10.9. The van der Waals surface area contributed by atoms with Crippen LogP contribution in [0, 0.1) is 19.8 Å². The molecule has 0 aliphatic rings. The molecule has 0 aliphatic heterocycles. The molecule has 2 atom stereocenters. The number of carbonyl (C=O) groups is 1. The molecule has 2 unspecified atom stereocenters. The van der Waals surface area contributed by atoms with Crippen LogP contribution in [0.15, 0.2) is 28.8 Å². The number of aliphatic hydroxyl groups is 2. The summed E-state index contributed by atoms with van der Waals surface area (Å²) in [5.41, 5.74) is 7.48. The number of rotatable bonds is 10. The molecule has 1 aromatic carbocycles. The molecular formula is C23H29N3O5S. The Hall–Kier alpha value is -2.75. The first-order chi connectivity index (χ1) is 15.1. The molecule has 8 nitrogen and oxygen atoms in total. The summed E-state index contributed by atoms with van der Waals surface area (Å²) >= 11 is 1.66. The zero-order chi connectivity index (χ0) is 23.4. The summed E-state index contributed by atoms with van der Waals surface area (Å²) in [6.45, 7) is 8.07. The van der Waals surface area contributed by atoms with Gasteiger partial charge in [0, 0.05) is 16.9 Å². The second-order valence-corrected chi connectivity index (χ2v) is 9.51. The van der Waals surface area contributed by atoms with E-state index in [1.165, 1.54) is 4.88 Å². The number of amides is 1. The van der Waals surface area contributed by atoms with Crippen LogP contribution in [-0.2, 0) is 11.2 Å². The van der Waals surface area contributed by atoms with E-state index in [1.54, 1.807) is 11.3 Å². The number of nitrogens with zero attached hydrogens (tertiary/aromatic N) is 2. The molecule has 0 saturated carbocycles. The van der Waals surface area contributed by atoms with Crippen LogP contribution < -0.4 is 10.5 Å². The normalized spacial score (nSPS) is 13.3. The highest BCUT2D eigenvalue weighted by Gasteiger charge is 2.19. The van der Waals surface area contributed by atoms with Crippen LogP contribution in [0.5, 0.6) is 5.75 Å². The van der Waals surface area contributed by atoms with Crippen molar-refractivity contribution in [2.75, 3.05) is 6.61 Å². The number of benzene rings is 1. The molecule has 2 aromatic heterocycles. The monoisotopic (exact) mass is 459 g/mol. The van der Waals surface area contributed by atoms with Crippen LogP contribution in [0.3, 0.4) is 0 Å². The van der Waals surface area contributed by atoms with Crippen molar-refractivity contribution >= 4 is 17.2 Å². The Kier molecular flexibility index (Phi) is 7.65. The van der Waals surface area contributed by atoms with E-state index in [2.05, 4.69) is 30.1 Å². The number of aryl methyl sites for hydroxylation is 2. The average molecular weight is 460 g/mol. The number of thiophene rings is 1. The summed E-state index contributed by atoms with van der Waals surface area (Å²) in [5, 5.41) is 23.6. The zero-order valence-electron chi connectivity index (χ0n) is 18.7. The largest absolute Gasteiger partial charge is 0.490 e. The maximum atomic E-state index is 10.9. The van der Waals surface area contributed by atoms with Gasteiger partial charge in [0.2, 0.25) is 11.7 Å². The van der Waals surface area contributed by atoms with Crippen molar-refractivity contribution in [1.29, 1.82) is 0 Å². The molecule has 1 amide bonds. The Bertz CT molecular complexity index is 1050. The number of carbonyl (C=O) groups excluding carboxylic acids is 1. The van der Waals surface area contributed by atoms with Crippen molar-refractivity contribution in [1.82, 2.24) is 10.1 Å². The van der Waals surface area contributed by atoms with E-state index in [1.807, 2.05) is 32.0 Å². The average Bonchev–Trinajstić information content (AvgIpc) is 3.36. The lowest BCUT2D eigenvalue weighted by Crippen LogP contribution is -2.33. The number of aliphatic hydroxyl groups excluding tert-OH is 2. The van der Waals surface area contributed by atoms with Gasteiger partial charge in [0.15, 0.2) is 0 Å². The Morgan fingerprint density at radius 1 is 1.22 bits per heavy atom. The molecular weight excluding hydrogens is 430 g/mol. The molecule has 0 saturated heterocycles. The van der Waals surface area contributed by atoms with Crippen LogP contribution in [0.2, 0.25) is 0 Å². The van der Waals surface area contributed by atoms with Gasteiger partial charge < -0.3 is 25.2 Å².